The summed E-state index contributed by atoms with van der Waals surface area (Å²) >= 11 is 0. The molecular weight excluding hydrogens is 293 g/mol. The van der Waals surface area contributed by atoms with Gasteiger partial charge in [0.15, 0.2) is 17.5 Å². The van der Waals surface area contributed by atoms with Crippen molar-refractivity contribution >= 4 is 18.3 Å². The minimum Gasteiger partial charge on any atom is -0.349 e. The Morgan fingerprint density at radius 1 is 1.30 bits per heavy atom. The van der Waals surface area contributed by atoms with Crippen LogP contribution < -0.4 is 10.6 Å². The Hall–Kier alpha value is -1.27. The van der Waals surface area contributed by atoms with Gasteiger partial charge in [0.1, 0.15) is 0 Å². The number of rotatable bonds is 2. The number of piperidine rings is 1. The summed E-state index contributed by atoms with van der Waals surface area (Å²) in [4.78, 5) is 11.8. The standard InChI is InChI=1S/C13H15F3N2O.ClH/c1-7-6-8(4-5-17-7)18-13(19)9-2-3-10(14)12(16)11(9)15;/h2-3,7-8,17H,4-6H2,1H3,(H,18,19);1H. The first-order chi connectivity index (χ1) is 8.99. The van der Waals surface area contributed by atoms with Gasteiger partial charge in [-0.25, -0.2) is 13.2 Å². The number of carbonyl (C=O) groups excluding carboxylic acids is 1. The fraction of sp³-hybridized carbons (Fsp3) is 0.462. The van der Waals surface area contributed by atoms with Gasteiger partial charge in [0.25, 0.3) is 5.91 Å². The Bertz CT molecular complexity index is 499. The van der Waals surface area contributed by atoms with Crippen molar-refractivity contribution in [2.75, 3.05) is 6.54 Å². The Labute approximate surface area is 121 Å². The summed E-state index contributed by atoms with van der Waals surface area (Å²) in [5.41, 5.74) is -0.468. The van der Waals surface area contributed by atoms with Crippen LogP contribution in [-0.4, -0.2) is 24.5 Å². The predicted molar refractivity (Wildman–Crippen MR) is 71.5 cm³/mol. The minimum absolute atomic E-state index is 0. The quantitative estimate of drug-likeness (QED) is 0.824. The highest BCUT2D eigenvalue weighted by atomic mass is 35.5. The summed E-state index contributed by atoms with van der Waals surface area (Å²) < 4.78 is 39.3. The first-order valence-electron chi connectivity index (χ1n) is 6.16. The molecule has 2 rings (SSSR count). The molecule has 0 aliphatic carbocycles. The van der Waals surface area contributed by atoms with Crippen LogP contribution in [0.2, 0.25) is 0 Å². The lowest BCUT2D eigenvalue weighted by atomic mass is 10.00. The van der Waals surface area contributed by atoms with E-state index in [9.17, 15) is 18.0 Å². The van der Waals surface area contributed by atoms with Crippen molar-refractivity contribution in [3.63, 3.8) is 0 Å². The van der Waals surface area contributed by atoms with Gasteiger partial charge < -0.3 is 10.6 Å². The third kappa shape index (κ3) is 3.64. The SMILES string of the molecule is CC1CC(NC(=O)c2ccc(F)c(F)c2F)CCN1.Cl. The second kappa shape index (κ2) is 6.95. The average molecular weight is 309 g/mol. The molecule has 2 unspecified atom stereocenters. The second-order valence-corrected chi connectivity index (χ2v) is 4.77. The molecule has 1 aliphatic rings. The molecule has 0 bridgehead atoms. The van der Waals surface area contributed by atoms with E-state index in [4.69, 9.17) is 0 Å². The molecule has 1 saturated heterocycles. The molecule has 1 amide bonds. The number of nitrogens with one attached hydrogen (secondary N) is 2. The van der Waals surface area contributed by atoms with Crippen molar-refractivity contribution in [2.24, 2.45) is 0 Å². The number of amides is 1. The number of hydrogen-bond acceptors (Lipinski definition) is 2. The molecule has 2 N–H and O–H groups in total. The second-order valence-electron chi connectivity index (χ2n) is 4.77. The maximum absolute atomic E-state index is 13.5. The average Bonchev–Trinajstić information content (AvgIpc) is 2.36. The molecule has 7 heteroatoms. The van der Waals surface area contributed by atoms with Crippen molar-refractivity contribution < 1.29 is 18.0 Å². The molecule has 0 aromatic heterocycles. The molecular formula is C13H16ClF3N2O. The van der Waals surface area contributed by atoms with Crippen LogP contribution in [0.1, 0.15) is 30.1 Å². The van der Waals surface area contributed by atoms with E-state index in [1.807, 2.05) is 6.92 Å². The third-order valence-electron chi connectivity index (χ3n) is 3.24. The Morgan fingerprint density at radius 2 is 2.00 bits per heavy atom. The first-order valence-corrected chi connectivity index (χ1v) is 6.16. The van der Waals surface area contributed by atoms with E-state index in [-0.39, 0.29) is 24.5 Å². The van der Waals surface area contributed by atoms with E-state index in [1.165, 1.54) is 0 Å². The van der Waals surface area contributed by atoms with Gasteiger partial charge in [-0.3, -0.25) is 4.79 Å². The van der Waals surface area contributed by atoms with E-state index in [0.717, 1.165) is 31.5 Å². The maximum atomic E-state index is 13.5. The summed E-state index contributed by atoms with van der Waals surface area (Å²) in [5.74, 6) is -5.08. The van der Waals surface area contributed by atoms with E-state index in [2.05, 4.69) is 10.6 Å². The Morgan fingerprint density at radius 3 is 2.65 bits per heavy atom. The van der Waals surface area contributed by atoms with Crippen LogP contribution in [0.25, 0.3) is 0 Å². The highest BCUT2D eigenvalue weighted by molar-refractivity contribution is 5.94. The van der Waals surface area contributed by atoms with Gasteiger partial charge in [-0.1, -0.05) is 0 Å². The fourth-order valence-corrected chi connectivity index (χ4v) is 2.23. The van der Waals surface area contributed by atoms with E-state index in [1.54, 1.807) is 0 Å². The molecule has 1 aromatic carbocycles. The van der Waals surface area contributed by atoms with Crippen molar-refractivity contribution in [3.8, 4) is 0 Å². The zero-order chi connectivity index (χ0) is 14.0. The van der Waals surface area contributed by atoms with Gasteiger partial charge in [0.05, 0.1) is 5.56 Å². The molecule has 1 aromatic rings. The van der Waals surface area contributed by atoms with Gasteiger partial charge in [0.2, 0.25) is 0 Å². The third-order valence-corrected chi connectivity index (χ3v) is 3.24. The van der Waals surface area contributed by atoms with Gasteiger partial charge in [-0.05, 0) is 38.4 Å². The van der Waals surface area contributed by atoms with Gasteiger partial charge >= 0.3 is 0 Å². The van der Waals surface area contributed by atoms with E-state index >= 15 is 0 Å². The van der Waals surface area contributed by atoms with Crippen LogP contribution in [0, 0.1) is 17.5 Å². The Kier molecular flexibility index (Phi) is 5.83. The van der Waals surface area contributed by atoms with Gasteiger partial charge in [0, 0.05) is 12.1 Å². The van der Waals surface area contributed by atoms with Crippen molar-refractivity contribution in [1.82, 2.24) is 10.6 Å². The largest absolute Gasteiger partial charge is 0.349 e. The zero-order valence-electron chi connectivity index (χ0n) is 10.9. The summed E-state index contributed by atoms with van der Waals surface area (Å²) in [6.45, 7) is 2.74. The van der Waals surface area contributed by atoms with Crippen LogP contribution in [0.15, 0.2) is 12.1 Å². The summed E-state index contributed by atoms with van der Waals surface area (Å²) in [7, 11) is 0. The normalized spacial score (nSPS) is 22.0. The van der Waals surface area contributed by atoms with E-state index in [0.29, 0.717) is 0 Å². The van der Waals surface area contributed by atoms with E-state index < -0.39 is 28.9 Å². The maximum Gasteiger partial charge on any atom is 0.254 e. The first kappa shape index (κ1) is 16.8. The fourth-order valence-electron chi connectivity index (χ4n) is 2.23. The summed E-state index contributed by atoms with van der Waals surface area (Å²) in [5, 5.41) is 5.86. The number of hydrogen-bond donors (Lipinski definition) is 2. The molecule has 20 heavy (non-hydrogen) atoms. The van der Waals surface area contributed by atoms with Crippen molar-refractivity contribution in [1.29, 1.82) is 0 Å². The van der Waals surface area contributed by atoms with Crippen LogP contribution in [0.5, 0.6) is 0 Å². The molecule has 112 valence electrons. The lowest BCUT2D eigenvalue weighted by Gasteiger charge is -2.28. The summed E-state index contributed by atoms with van der Waals surface area (Å²) in [6.07, 6.45) is 1.44. The predicted octanol–water partition coefficient (Wildman–Crippen LogP) is 2.40. The summed E-state index contributed by atoms with van der Waals surface area (Å²) in [6, 6.07) is 1.87. The van der Waals surface area contributed by atoms with Crippen LogP contribution in [0.3, 0.4) is 0 Å². The van der Waals surface area contributed by atoms with Gasteiger partial charge in [-0.15, -0.1) is 12.4 Å². The molecule has 2 atom stereocenters. The van der Waals surface area contributed by atoms with Crippen LogP contribution >= 0.6 is 12.4 Å². The molecule has 3 nitrogen and oxygen atoms in total. The number of benzene rings is 1. The van der Waals surface area contributed by atoms with Crippen LogP contribution in [0.4, 0.5) is 13.2 Å². The zero-order valence-corrected chi connectivity index (χ0v) is 11.7. The Balaban J connectivity index is 0.00000200. The van der Waals surface area contributed by atoms with Gasteiger partial charge in [-0.2, -0.15) is 0 Å². The van der Waals surface area contributed by atoms with Crippen molar-refractivity contribution in [2.45, 2.75) is 31.8 Å². The smallest absolute Gasteiger partial charge is 0.254 e. The topological polar surface area (TPSA) is 41.1 Å². The molecule has 0 radical (unpaired) electrons. The highest BCUT2D eigenvalue weighted by Crippen LogP contribution is 2.16. The number of halogens is 4. The van der Waals surface area contributed by atoms with Crippen molar-refractivity contribution in [3.05, 3.63) is 35.1 Å². The highest BCUT2D eigenvalue weighted by Gasteiger charge is 2.23. The minimum atomic E-state index is -1.62. The monoisotopic (exact) mass is 308 g/mol. The molecule has 1 heterocycles. The lowest BCUT2D eigenvalue weighted by Crippen LogP contribution is -2.46. The molecule has 1 aliphatic heterocycles. The molecule has 1 fully saturated rings. The lowest BCUT2D eigenvalue weighted by molar-refractivity contribution is 0.0920. The molecule has 0 spiro atoms. The number of carbonyl (C=O) groups is 1. The van der Waals surface area contributed by atoms with Crippen LogP contribution in [-0.2, 0) is 0 Å². The molecule has 0 saturated carbocycles.